The molecule has 5 nitrogen and oxygen atoms in total. The van der Waals surface area contributed by atoms with Gasteiger partial charge in [-0.1, -0.05) is 43.2 Å². The van der Waals surface area contributed by atoms with Crippen molar-refractivity contribution >= 4 is 11.7 Å². The summed E-state index contributed by atoms with van der Waals surface area (Å²) in [6.45, 7) is 1.83. The van der Waals surface area contributed by atoms with Crippen LogP contribution in [-0.4, -0.2) is 27.7 Å². The summed E-state index contributed by atoms with van der Waals surface area (Å²) in [5.74, 6) is 0.202. The van der Waals surface area contributed by atoms with Crippen molar-refractivity contribution in [1.82, 2.24) is 4.90 Å². The summed E-state index contributed by atoms with van der Waals surface area (Å²) < 4.78 is 5.81. The SMILES string of the molecule is Cc1ccc(C2C(C(=O)CCc3ccccc3)=C(O)C(=O)N2C2CCCC2)o1. The molecule has 146 valence electrons. The molecule has 5 heteroatoms. The predicted octanol–water partition coefficient (Wildman–Crippen LogP) is 4.43. The average molecular weight is 379 g/mol. The van der Waals surface area contributed by atoms with Crippen molar-refractivity contribution in [3.63, 3.8) is 0 Å². The van der Waals surface area contributed by atoms with Gasteiger partial charge in [-0.25, -0.2) is 0 Å². The molecule has 1 aliphatic carbocycles. The Kier molecular flexibility index (Phi) is 5.07. The Morgan fingerprint density at radius 3 is 2.50 bits per heavy atom. The number of nitrogens with zero attached hydrogens (tertiary/aromatic N) is 1. The van der Waals surface area contributed by atoms with E-state index in [9.17, 15) is 14.7 Å². The lowest BCUT2D eigenvalue weighted by Gasteiger charge is -2.30. The van der Waals surface area contributed by atoms with E-state index in [0.717, 1.165) is 37.0 Å². The number of benzene rings is 1. The van der Waals surface area contributed by atoms with Crippen molar-refractivity contribution in [3.05, 3.63) is 70.9 Å². The van der Waals surface area contributed by atoms with E-state index in [2.05, 4.69) is 0 Å². The average Bonchev–Trinajstić information content (AvgIpc) is 3.42. The highest BCUT2D eigenvalue weighted by Gasteiger charge is 2.47. The third-order valence-electron chi connectivity index (χ3n) is 5.78. The maximum Gasteiger partial charge on any atom is 0.290 e. The first kappa shape index (κ1) is 18.5. The van der Waals surface area contributed by atoms with E-state index in [1.807, 2.05) is 43.3 Å². The molecule has 2 aromatic rings. The zero-order chi connectivity index (χ0) is 19.7. The number of aryl methyl sites for hydroxylation is 2. The molecule has 4 rings (SSSR count). The molecule has 0 bridgehead atoms. The van der Waals surface area contributed by atoms with Gasteiger partial charge in [0.05, 0.1) is 5.57 Å². The van der Waals surface area contributed by atoms with E-state index < -0.39 is 17.7 Å². The van der Waals surface area contributed by atoms with E-state index in [0.29, 0.717) is 12.2 Å². The zero-order valence-electron chi connectivity index (χ0n) is 16.1. The second-order valence-electron chi connectivity index (χ2n) is 7.67. The van der Waals surface area contributed by atoms with Crippen LogP contribution in [0.1, 0.15) is 55.2 Å². The van der Waals surface area contributed by atoms with Crippen LogP contribution in [0.4, 0.5) is 0 Å². The van der Waals surface area contributed by atoms with Gasteiger partial charge in [0.2, 0.25) is 0 Å². The van der Waals surface area contributed by atoms with Crippen LogP contribution in [0.2, 0.25) is 0 Å². The minimum absolute atomic E-state index is 0.0319. The van der Waals surface area contributed by atoms with Gasteiger partial charge in [0, 0.05) is 12.5 Å². The van der Waals surface area contributed by atoms with Crippen molar-refractivity contribution in [2.75, 3.05) is 0 Å². The number of hydrogen-bond acceptors (Lipinski definition) is 4. The van der Waals surface area contributed by atoms with Crippen LogP contribution in [0, 0.1) is 6.92 Å². The lowest BCUT2D eigenvalue weighted by Crippen LogP contribution is -2.38. The van der Waals surface area contributed by atoms with Crippen LogP contribution in [-0.2, 0) is 16.0 Å². The number of carbonyl (C=O) groups excluding carboxylic acids is 2. The minimum Gasteiger partial charge on any atom is -0.503 e. The molecule has 1 aromatic heterocycles. The topological polar surface area (TPSA) is 70.8 Å². The van der Waals surface area contributed by atoms with Gasteiger partial charge in [0.1, 0.15) is 17.6 Å². The van der Waals surface area contributed by atoms with Gasteiger partial charge in [-0.2, -0.15) is 0 Å². The van der Waals surface area contributed by atoms with Gasteiger partial charge in [0.25, 0.3) is 5.91 Å². The lowest BCUT2D eigenvalue weighted by atomic mass is 9.96. The van der Waals surface area contributed by atoms with E-state index >= 15 is 0 Å². The molecule has 1 N–H and O–H groups in total. The molecule has 1 aromatic carbocycles. The molecule has 1 unspecified atom stereocenters. The first-order valence-electron chi connectivity index (χ1n) is 9.95. The number of carbonyl (C=O) groups is 2. The fraction of sp³-hybridized carbons (Fsp3) is 0.391. The van der Waals surface area contributed by atoms with Crippen LogP contribution in [0.15, 0.2) is 58.2 Å². The van der Waals surface area contributed by atoms with Crippen molar-refractivity contribution in [2.45, 2.75) is 57.5 Å². The molecule has 0 saturated heterocycles. The number of hydrogen-bond donors (Lipinski definition) is 1. The Bertz CT molecular complexity index is 906. The van der Waals surface area contributed by atoms with Crippen LogP contribution in [0.3, 0.4) is 0 Å². The van der Waals surface area contributed by atoms with Gasteiger partial charge < -0.3 is 14.4 Å². The number of aliphatic hydroxyl groups is 1. The number of Topliss-reactive ketones (excluding diaryl/α,β-unsaturated/α-hetero) is 1. The number of rotatable bonds is 6. The fourth-order valence-electron chi connectivity index (χ4n) is 4.38. The first-order chi connectivity index (χ1) is 13.6. The van der Waals surface area contributed by atoms with Crippen molar-refractivity contribution in [3.8, 4) is 0 Å². The molecule has 2 heterocycles. The first-order valence-corrected chi connectivity index (χ1v) is 9.95. The molecular formula is C23H25NO4. The van der Waals surface area contributed by atoms with Crippen molar-refractivity contribution in [1.29, 1.82) is 0 Å². The number of ketones is 1. The van der Waals surface area contributed by atoms with Crippen LogP contribution in [0.5, 0.6) is 0 Å². The molecule has 0 radical (unpaired) electrons. The summed E-state index contributed by atoms with van der Waals surface area (Å²) in [5, 5.41) is 10.6. The molecule has 1 aliphatic heterocycles. The zero-order valence-corrected chi connectivity index (χ0v) is 16.1. The number of furan rings is 1. The minimum atomic E-state index is -0.632. The van der Waals surface area contributed by atoms with E-state index in [4.69, 9.17) is 4.42 Å². The summed E-state index contributed by atoms with van der Waals surface area (Å²) in [6.07, 6.45) is 4.69. The smallest absolute Gasteiger partial charge is 0.290 e. The summed E-state index contributed by atoms with van der Waals surface area (Å²) in [5.41, 5.74) is 1.24. The highest BCUT2D eigenvalue weighted by molar-refractivity contribution is 6.09. The van der Waals surface area contributed by atoms with E-state index in [-0.39, 0.29) is 23.8 Å². The van der Waals surface area contributed by atoms with Gasteiger partial charge in [-0.05, 0) is 43.9 Å². The normalized spacial score (nSPS) is 20.4. The summed E-state index contributed by atoms with van der Waals surface area (Å²) in [7, 11) is 0. The number of amides is 1. The Labute approximate surface area is 164 Å². The monoisotopic (exact) mass is 379 g/mol. The quantitative estimate of drug-likeness (QED) is 0.806. The van der Waals surface area contributed by atoms with Gasteiger partial charge in [-0.3, -0.25) is 9.59 Å². The maximum absolute atomic E-state index is 13.1. The number of aliphatic hydroxyl groups excluding tert-OH is 1. The third kappa shape index (κ3) is 3.37. The van der Waals surface area contributed by atoms with E-state index in [1.165, 1.54) is 0 Å². The Morgan fingerprint density at radius 1 is 1.14 bits per heavy atom. The Morgan fingerprint density at radius 2 is 1.86 bits per heavy atom. The molecule has 1 fully saturated rings. The maximum atomic E-state index is 13.1. The molecular weight excluding hydrogens is 354 g/mol. The van der Waals surface area contributed by atoms with E-state index in [1.54, 1.807) is 11.0 Å². The molecule has 1 atom stereocenters. The van der Waals surface area contributed by atoms with Gasteiger partial charge in [0.15, 0.2) is 11.5 Å². The fourth-order valence-corrected chi connectivity index (χ4v) is 4.38. The standard InChI is InChI=1S/C23H25NO4/c1-15-11-14-19(28-15)21-20(18(25)13-12-16-7-3-2-4-8-16)22(26)23(27)24(21)17-9-5-6-10-17/h2-4,7-8,11,14,17,21,26H,5-6,9-10,12-13H2,1H3. The second kappa shape index (κ2) is 7.66. The van der Waals surface area contributed by atoms with Crippen molar-refractivity contribution in [2.24, 2.45) is 0 Å². The summed E-state index contributed by atoms with van der Waals surface area (Å²) in [6, 6.07) is 12.8. The van der Waals surface area contributed by atoms with Crippen LogP contribution >= 0.6 is 0 Å². The molecule has 1 saturated carbocycles. The largest absolute Gasteiger partial charge is 0.503 e. The lowest BCUT2D eigenvalue weighted by molar-refractivity contribution is -0.132. The second-order valence-corrected chi connectivity index (χ2v) is 7.67. The van der Waals surface area contributed by atoms with Crippen LogP contribution in [0.25, 0.3) is 0 Å². The summed E-state index contributed by atoms with van der Waals surface area (Å²) in [4.78, 5) is 27.7. The molecule has 1 amide bonds. The van der Waals surface area contributed by atoms with Crippen molar-refractivity contribution < 1.29 is 19.1 Å². The Balaban J connectivity index is 1.64. The van der Waals surface area contributed by atoms with Crippen LogP contribution < -0.4 is 0 Å². The predicted molar refractivity (Wildman–Crippen MR) is 105 cm³/mol. The highest BCUT2D eigenvalue weighted by atomic mass is 16.3. The van der Waals surface area contributed by atoms with Gasteiger partial charge in [-0.15, -0.1) is 0 Å². The summed E-state index contributed by atoms with van der Waals surface area (Å²) >= 11 is 0. The molecule has 0 spiro atoms. The highest BCUT2D eigenvalue weighted by Crippen LogP contribution is 2.43. The Hall–Kier alpha value is -2.82. The van der Waals surface area contributed by atoms with Gasteiger partial charge >= 0.3 is 0 Å². The molecule has 2 aliphatic rings. The third-order valence-corrected chi connectivity index (χ3v) is 5.78. The molecule has 28 heavy (non-hydrogen) atoms.